The van der Waals surface area contributed by atoms with Crippen LogP contribution in [-0.2, 0) is 11.2 Å². The van der Waals surface area contributed by atoms with Crippen molar-refractivity contribution in [1.29, 1.82) is 0 Å². The van der Waals surface area contributed by atoms with Crippen LogP contribution in [0.4, 0.5) is 5.82 Å². The van der Waals surface area contributed by atoms with Gasteiger partial charge in [-0.1, -0.05) is 43.3 Å². The average Bonchev–Trinajstić information content (AvgIpc) is 3.16. The summed E-state index contributed by atoms with van der Waals surface area (Å²) in [4.78, 5) is 20.6. The molecule has 0 aliphatic carbocycles. The quantitative estimate of drug-likeness (QED) is 0.683. The van der Waals surface area contributed by atoms with Crippen molar-refractivity contribution in [3.63, 3.8) is 0 Å². The number of nitrogens with zero attached hydrogens (tertiary/aromatic N) is 3. The molecule has 0 spiro atoms. The number of amides is 1. The SMILES string of the molecule is COc1cccnc1NC(=O)CCc1nc(-c2ccc(C(C)C)cc2)no1. The number of hydrogen-bond donors (Lipinski definition) is 1. The molecule has 0 saturated carbocycles. The lowest BCUT2D eigenvalue weighted by Crippen LogP contribution is -2.14. The molecule has 0 fully saturated rings. The number of anilines is 1. The lowest BCUT2D eigenvalue weighted by atomic mass is 10.0. The van der Waals surface area contributed by atoms with E-state index >= 15 is 0 Å². The summed E-state index contributed by atoms with van der Waals surface area (Å²) in [5, 5.41) is 6.72. The first-order valence-corrected chi connectivity index (χ1v) is 8.78. The molecule has 3 aromatic rings. The van der Waals surface area contributed by atoms with Crippen molar-refractivity contribution in [2.45, 2.75) is 32.6 Å². The Morgan fingerprint density at radius 1 is 1.22 bits per heavy atom. The number of benzene rings is 1. The Kier molecular flexibility index (Phi) is 5.80. The number of pyridine rings is 1. The first-order chi connectivity index (χ1) is 13.1. The first kappa shape index (κ1) is 18.6. The van der Waals surface area contributed by atoms with Crippen LogP contribution >= 0.6 is 0 Å². The van der Waals surface area contributed by atoms with Crippen LogP contribution < -0.4 is 10.1 Å². The number of aryl methyl sites for hydroxylation is 1. The smallest absolute Gasteiger partial charge is 0.227 e. The zero-order valence-electron chi connectivity index (χ0n) is 15.6. The van der Waals surface area contributed by atoms with Crippen LogP contribution in [0.15, 0.2) is 47.1 Å². The molecular formula is C20H22N4O3. The van der Waals surface area contributed by atoms with Gasteiger partial charge in [-0.15, -0.1) is 0 Å². The lowest BCUT2D eigenvalue weighted by molar-refractivity contribution is -0.116. The van der Waals surface area contributed by atoms with E-state index in [-0.39, 0.29) is 12.3 Å². The highest BCUT2D eigenvalue weighted by molar-refractivity contribution is 5.91. The second kappa shape index (κ2) is 8.44. The Balaban J connectivity index is 1.58. The van der Waals surface area contributed by atoms with Crippen molar-refractivity contribution in [3.8, 4) is 17.1 Å². The summed E-state index contributed by atoms with van der Waals surface area (Å²) in [6, 6.07) is 11.5. The molecule has 7 heteroatoms. The minimum atomic E-state index is -0.201. The molecule has 0 saturated heterocycles. The molecule has 27 heavy (non-hydrogen) atoms. The average molecular weight is 366 g/mol. The molecule has 0 aliphatic rings. The van der Waals surface area contributed by atoms with E-state index in [2.05, 4.69) is 46.4 Å². The number of ether oxygens (including phenoxy) is 1. The van der Waals surface area contributed by atoms with Gasteiger partial charge in [0.1, 0.15) is 0 Å². The van der Waals surface area contributed by atoms with Crippen LogP contribution in [0.3, 0.4) is 0 Å². The molecule has 1 aromatic carbocycles. The highest BCUT2D eigenvalue weighted by Crippen LogP contribution is 2.22. The molecule has 0 radical (unpaired) electrons. The van der Waals surface area contributed by atoms with Gasteiger partial charge in [-0.3, -0.25) is 4.79 Å². The molecule has 0 bridgehead atoms. The summed E-state index contributed by atoms with van der Waals surface area (Å²) in [6.07, 6.45) is 2.14. The van der Waals surface area contributed by atoms with Crippen LogP contribution in [0.5, 0.6) is 5.75 Å². The minimum absolute atomic E-state index is 0.201. The zero-order valence-corrected chi connectivity index (χ0v) is 15.6. The predicted molar refractivity (Wildman–Crippen MR) is 102 cm³/mol. The second-order valence-electron chi connectivity index (χ2n) is 6.39. The Labute approximate surface area is 157 Å². The zero-order chi connectivity index (χ0) is 19.2. The monoisotopic (exact) mass is 366 g/mol. The molecule has 1 amide bonds. The van der Waals surface area contributed by atoms with E-state index in [1.807, 2.05) is 12.1 Å². The van der Waals surface area contributed by atoms with E-state index in [0.29, 0.717) is 35.6 Å². The van der Waals surface area contributed by atoms with E-state index in [0.717, 1.165) is 5.56 Å². The van der Waals surface area contributed by atoms with Crippen molar-refractivity contribution in [3.05, 3.63) is 54.0 Å². The highest BCUT2D eigenvalue weighted by Gasteiger charge is 2.13. The molecular weight excluding hydrogens is 344 g/mol. The number of carbonyl (C=O) groups excluding carboxylic acids is 1. The van der Waals surface area contributed by atoms with E-state index in [4.69, 9.17) is 9.26 Å². The molecule has 2 aromatic heterocycles. The standard InChI is InChI=1S/C20H22N4O3/c1-13(2)14-6-8-15(9-7-14)19-23-18(27-24-19)11-10-17(25)22-20-16(26-3)5-4-12-21-20/h4-9,12-13H,10-11H2,1-3H3,(H,21,22,25). The second-order valence-corrected chi connectivity index (χ2v) is 6.39. The van der Waals surface area contributed by atoms with Gasteiger partial charge in [-0.2, -0.15) is 4.98 Å². The van der Waals surface area contributed by atoms with Crippen molar-refractivity contribution in [2.24, 2.45) is 0 Å². The third kappa shape index (κ3) is 4.69. The molecule has 0 unspecified atom stereocenters. The van der Waals surface area contributed by atoms with Crippen LogP contribution in [0, 0.1) is 0 Å². The van der Waals surface area contributed by atoms with Gasteiger partial charge >= 0.3 is 0 Å². The molecule has 2 heterocycles. The van der Waals surface area contributed by atoms with Gasteiger partial charge in [0, 0.05) is 24.6 Å². The van der Waals surface area contributed by atoms with Crippen molar-refractivity contribution in [2.75, 3.05) is 12.4 Å². The third-order valence-corrected chi connectivity index (χ3v) is 4.12. The van der Waals surface area contributed by atoms with Crippen molar-refractivity contribution < 1.29 is 14.1 Å². The Morgan fingerprint density at radius 3 is 2.70 bits per heavy atom. The fraction of sp³-hybridized carbons (Fsp3) is 0.300. The van der Waals surface area contributed by atoms with Gasteiger partial charge in [-0.05, 0) is 23.6 Å². The maximum Gasteiger partial charge on any atom is 0.227 e. The summed E-state index contributed by atoms with van der Waals surface area (Å²) >= 11 is 0. The number of nitrogens with one attached hydrogen (secondary N) is 1. The van der Waals surface area contributed by atoms with Crippen LogP contribution in [-0.4, -0.2) is 28.1 Å². The fourth-order valence-corrected chi connectivity index (χ4v) is 2.55. The van der Waals surface area contributed by atoms with Crippen molar-refractivity contribution >= 4 is 11.7 Å². The molecule has 3 rings (SSSR count). The van der Waals surface area contributed by atoms with Gasteiger partial charge in [0.15, 0.2) is 11.6 Å². The molecule has 1 N–H and O–H groups in total. The summed E-state index contributed by atoms with van der Waals surface area (Å²) in [6.45, 7) is 4.29. The summed E-state index contributed by atoms with van der Waals surface area (Å²) in [5.74, 6) is 2.11. The third-order valence-electron chi connectivity index (χ3n) is 4.12. The maximum atomic E-state index is 12.1. The van der Waals surface area contributed by atoms with E-state index in [9.17, 15) is 4.79 Å². The maximum absolute atomic E-state index is 12.1. The van der Waals surface area contributed by atoms with Gasteiger partial charge in [0.05, 0.1) is 7.11 Å². The van der Waals surface area contributed by atoms with E-state index in [1.54, 1.807) is 18.3 Å². The van der Waals surface area contributed by atoms with Gasteiger partial charge in [-0.25, -0.2) is 4.98 Å². The van der Waals surface area contributed by atoms with E-state index < -0.39 is 0 Å². The number of methoxy groups -OCH3 is 1. The van der Waals surface area contributed by atoms with Gasteiger partial charge in [0.2, 0.25) is 17.6 Å². The van der Waals surface area contributed by atoms with E-state index in [1.165, 1.54) is 12.7 Å². The summed E-state index contributed by atoms with van der Waals surface area (Å²) < 4.78 is 10.4. The first-order valence-electron chi connectivity index (χ1n) is 8.78. The number of carbonyl (C=O) groups is 1. The van der Waals surface area contributed by atoms with Gasteiger partial charge < -0.3 is 14.6 Å². The minimum Gasteiger partial charge on any atom is -0.493 e. The number of aromatic nitrogens is 3. The predicted octanol–water partition coefficient (Wildman–Crippen LogP) is 3.83. The topological polar surface area (TPSA) is 90.1 Å². The molecule has 0 aliphatic heterocycles. The summed E-state index contributed by atoms with van der Waals surface area (Å²) in [5.41, 5.74) is 2.14. The van der Waals surface area contributed by atoms with Gasteiger partial charge in [0.25, 0.3) is 0 Å². The highest BCUT2D eigenvalue weighted by atomic mass is 16.5. The fourth-order valence-electron chi connectivity index (χ4n) is 2.55. The number of rotatable bonds is 7. The molecule has 140 valence electrons. The number of hydrogen-bond acceptors (Lipinski definition) is 6. The molecule has 7 nitrogen and oxygen atoms in total. The Bertz CT molecular complexity index is 904. The Hall–Kier alpha value is -3.22. The Morgan fingerprint density at radius 2 is 2.00 bits per heavy atom. The molecule has 0 atom stereocenters. The van der Waals surface area contributed by atoms with Crippen molar-refractivity contribution in [1.82, 2.24) is 15.1 Å². The summed E-state index contributed by atoms with van der Waals surface area (Å²) in [7, 11) is 1.53. The largest absolute Gasteiger partial charge is 0.493 e. The van der Waals surface area contributed by atoms with Crippen LogP contribution in [0.1, 0.15) is 37.6 Å². The van der Waals surface area contributed by atoms with Crippen LogP contribution in [0.2, 0.25) is 0 Å². The lowest BCUT2D eigenvalue weighted by Gasteiger charge is -2.07. The van der Waals surface area contributed by atoms with Crippen LogP contribution in [0.25, 0.3) is 11.4 Å². The normalized spacial score (nSPS) is 10.8.